The van der Waals surface area contributed by atoms with Gasteiger partial charge in [0.15, 0.2) is 0 Å². The summed E-state index contributed by atoms with van der Waals surface area (Å²) in [5, 5.41) is 0.773. The Labute approximate surface area is 101 Å². The third-order valence-electron chi connectivity index (χ3n) is 2.69. The molecule has 1 heterocycles. The molecule has 0 aliphatic carbocycles. The molecule has 1 nitrogen and oxygen atoms in total. The summed E-state index contributed by atoms with van der Waals surface area (Å²) in [7, 11) is 0. The summed E-state index contributed by atoms with van der Waals surface area (Å²) in [5.41, 5.74) is 2.51. The number of allylic oxidation sites excluding steroid dienone is 1. The van der Waals surface area contributed by atoms with Crippen molar-refractivity contribution >= 4 is 17.7 Å². The first-order chi connectivity index (χ1) is 7.79. The van der Waals surface area contributed by atoms with Crippen molar-refractivity contribution in [2.75, 3.05) is 13.2 Å². The second kappa shape index (κ2) is 5.33. The van der Waals surface area contributed by atoms with Crippen LogP contribution in [0.4, 0.5) is 0 Å². The fourth-order valence-corrected chi connectivity index (χ4v) is 1.98. The molecule has 84 valence electrons. The number of hydrogen-bond donors (Lipinski definition) is 0. The zero-order chi connectivity index (χ0) is 11.4. The Kier molecular flexibility index (Phi) is 3.81. The summed E-state index contributed by atoms with van der Waals surface area (Å²) in [6.45, 7) is 3.57. The van der Waals surface area contributed by atoms with E-state index in [-0.39, 0.29) is 0 Å². The molecule has 1 aromatic carbocycles. The molecule has 0 saturated carbocycles. The fourth-order valence-electron chi connectivity index (χ4n) is 1.85. The Bertz CT molecular complexity index is 403. The second-order valence-electron chi connectivity index (χ2n) is 3.92. The molecule has 0 unspecified atom stereocenters. The van der Waals surface area contributed by atoms with Gasteiger partial charge in [-0.3, -0.25) is 0 Å². The minimum Gasteiger partial charge on any atom is -0.376 e. The molecule has 0 radical (unpaired) electrons. The van der Waals surface area contributed by atoms with Crippen molar-refractivity contribution < 1.29 is 4.74 Å². The van der Waals surface area contributed by atoms with E-state index >= 15 is 0 Å². The highest BCUT2D eigenvalue weighted by molar-refractivity contribution is 6.30. The van der Waals surface area contributed by atoms with Crippen LogP contribution in [0.15, 0.2) is 42.0 Å². The monoisotopic (exact) mass is 234 g/mol. The normalized spacial score (nSPS) is 23.4. The molecule has 16 heavy (non-hydrogen) atoms. The lowest BCUT2D eigenvalue weighted by Gasteiger charge is -2.03. The molecule has 1 aliphatic heterocycles. The Balaban J connectivity index is 2.19. The topological polar surface area (TPSA) is 9.23 Å². The number of halogens is 1. The average Bonchev–Trinajstić information content (AvgIpc) is 2.70. The minimum atomic E-state index is 0.431. The summed E-state index contributed by atoms with van der Waals surface area (Å²) in [6, 6.07) is 7.88. The molecule has 1 atom stereocenters. The molecule has 0 N–H and O–H groups in total. The standard InChI is InChI=1S/C14H15ClO/c1-2-3-12-9-16-10-13(12)8-11-4-6-14(15)7-5-11/h2-8,12H,9-10H2,1H3/b3-2+,13-8+/t12-/m1/s1. The first-order valence-electron chi connectivity index (χ1n) is 5.46. The molecule has 1 fully saturated rings. The molecule has 0 bridgehead atoms. The molecular formula is C14H15ClO. The highest BCUT2D eigenvalue weighted by Crippen LogP contribution is 2.24. The third kappa shape index (κ3) is 2.75. The van der Waals surface area contributed by atoms with Crippen LogP contribution in [0.5, 0.6) is 0 Å². The SMILES string of the molecule is C/C=C/[C@@H]1COC/C1=C\c1ccc(Cl)cc1. The van der Waals surface area contributed by atoms with Gasteiger partial charge in [0.05, 0.1) is 13.2 Å². The summed E-state index contributed by atoms with van der Waals surface area (Å²) >= 11 is 5.85. The van der Waals surface area contributed by atoms with Crippen molar-refractivity contribution in [2.45, 2.75) is 6.92 Å². The van der Waals surface area contributed by atoms with Crippen molar-refractivity contribution in [1.82, 2.24) is 0 Å². The van der Waals surface area contributed by atoms with E-state index in [1.165, 1.54) is 11.1 Å². The van der Waals surface area contributed by atoms with Gasteiger partial charge >= 0.3 is 0 Å². The molecule has 2 heteroatoms. The van der Waals surface area contributed by atoms with E-state index in [0.717, 1.165) is 18.2 Å². The first-order valence-corrected chi connectivity index (χ1v) is 5.84. The highest BCUT2D eigenvalue weighted by atomic mass is 35.5. The highest BCUT2D eigenvalue weighted by Gasteiger charge is 2.18. The van der Waals surface area contributed by atoms with Gasteiger partial charge in [-0.25, -0.2) is 0 Å². The maximum absolute atomic E-state index is 5.85. The number of benzene rings is 1. The molecule has 0 amide bonds. The van der Waals surface area contributed by atoms with Gasteiger partial charge in [-0.2, -0.15) is 0 Å². The van der Waals surface area contributed by atoms with Gasteiger partial charge in [0.2, 0.25) is 0 Å². The summed E-state index contributed by atoms with van der Waals surface area (Å²) < 4.78 is 5.47. The van der Waals surface area contributed by atoms with Crippen LogP contribution in [-0.4, -0.2) is 13.2 Å². The van der Waals surface area contributed by atoms with Crippen molar-refractivity contribution in [3.8, 4) is 0 Å². The van der Waals surface area contributed by atoms with Crippen molar-refractivity contribution in [2.24, 2.45) is 5.92 Å². The predicted octanol–water partition coefficient (Wildman–Crippen LogP) is 3.95. The zero-order valence-corrected chi connectivity index (χ0v) is 10.1. The molecule has 0 aromatic heterocycles. The Hall–Kier alpha value is -1.05. The number of hydrogen-bond acceptors (Lipinski definition) is 1. The summed E-state index contributed by atoms with van der Waals surface area (Å²) in [5.74, 6) is 0.431. The van der Waals surface area contributed by atoms with Crippen LogP contribution in [0.1, 0.15) is 12.5 Å². The fraction of sp³-hybridized carbons (Fsp3) is 0.286. The molecule has 1 aliphatic rings. The van der Waals surface area contributed by atoms with Gasteiger partial charge < -0.3 is 4.74 Å². The van der Waals surface area contributed by atoms with Crippen LogP contribution >= 0.6 is 11.6 Å². The van der Waals surface area contributed by atoms with E-state index in [0.29, 0.717) is 5.92 Å². The van der Waals surface area contributed by atoms with Crippen LogP contribution < -0.4 is 0 Å². The summed E-state index contributed by atoms with van der Waals surface area (Å²) in [6.07, 6.45) is 6.46. The maximum atomic E-state index is 5.85. The zero-order valence-electron chi connectivity index (χ0n) is 9.32. The van der Waals surface area contributed by atoms with E-state index in [4.69, 9.17) is 16.3 Å². The number of ether oxygens (including phenoxy) is 1. The second-order valence-corrected chi connectivity index (χ2v) is 4.35. The van der Waals surface area contributed by atoms with Crippen LogP contribution in [0.25, 0.3) is 6.08 Å². The largest absolute Gasteiger partial charge is 0.376 e. The lowest BCUT2D eigenvalue weighted by atomic mass is 10.00. The van der Waals surface area contributed by atoms with Crippen molar-refractivity contribution in [3.05, 3.63) is 52.6 Å². The average molecular weight is 235 g/mol. The predicted molar refractivity (Wildman–Crippen MR) is 68.6 cm³/mol. The van der Waals surface area contributed by atoms with E-state index in [1.807, 2.05) is 31.2 Å². The van der Waals surface area contributed by atoms with Gasteiger partial charge in [-0.1, -0.05) is 42.0 Å². The Morgan fingerprint density at radius 1 is 1.31 bits per heavy atom. The van der Waals surface area contributed by atoms with E-state index in [9.17, 15) is 0 Å². The molecule has 2 rings (SSSR count). The third-order valence-corrected chi connectivity index (χ3v) is 2.94. The maximum Gasteiger partial charge on any atom is 0.0687 e. The smallest absolute Gasteiger partial charge is 0.0687 e. The lowest BCUT2D eigenvalue weighted by Crippen LogP contribution is -1.96. The Morgan fingerprint density at radius 2 is 2.06 bits per heavy atom. The summed E-state index contributed by atoms with van der Waals surface area (Å²) in [4.78, 5) is 0. The molecular weight excluding hydrogens is 220 g/mol. The van der Waals surface area contributed by atoms with Gasteiger partial charge in [-0.05, 0) is 30.2 Å². The number of rotatable bonds is 2. The van der Waals surface area contributed by atoms with Gasteiger partial charge in [-0.15, -0.1) is 0 Å². The van der Waals surface area contributed by atoms with Crippen LogP contribution in [0, 0.1) is 5.92 Å². The van der Waals surface area contributed by atoms with Crippen molar-refractivity contribution in [1.29, 1.82) is 0 Å². The minimum absolute atomic E-state index is 0.431. The van der Waals surface area contributed by atoms with Gasteiger partial charge in [0.25, 0.3) is 0 Å². The van der Waals surface area contributed by atoms with Gasteiger partial charge in [0.1, 0.15) is 0 Å². The van der Waals surface area contributed by atoms with Crippen LogP contribution in [0.3, 0.4) is 0 Å². The Morgan fingerprint density at radius 3 is 2.75 bits per heavy atom. The van der Waals surface area contributed by atoms with Gasteiger partial charge in [0, 0.05) is 10.9 Å². The molecule has 0 spiro atoms. The van der Waals surface area contributed by atoms with E-state index in [1.54, 1.807) is 0 Å². The van der Waals surface area contributed by atoms with Crippen LogP contribution in [-0.2, 0) is 4.74 Å². The van der Waals surface area contributed by atoms with Crippen LogP contribution in [0.2, 0.25) is 5.02 Å². The quantitative estimate of drug-likeness (QED) is 0.705. The molecule has 1 saturated heterocycles. The van der Waals surface area contributed by atoms with E-state index < -0.39 is 0 Å². The lowest BCUT2D eigenvalue weighted by molar-refractivity contribution is 0.195. The first kappa shape index (κ1) is 11.4. The van der Waals surface area contributed by atoms with E-state index in [2.05, 4.69) is 18.2 Å². The van der Waals surface area contributed by atoms with Crippen molar-refractivity contribution in [3.63, 3.8) is 0 Å². The molecule has 1 aromatic rings.